The van der Waals surface area contributed by atoms with Gasteiger partial charge in [-0.15, -0.1) is 0 Å². The lowest BCUT2D eigenvalue weighted by atomic mass is 10.1. The summed E-state index contributed by atoms with van der Waals surface area (Å²) < 4.78 is 26.7. The number of hydrogen-bond donors (Lipinski definition) is 3. The number of allylic oxidation sites excluding steroid dienone is 15. The minimum atomic E-state index is -4.45. The van der Waals surface area contributed by atoms with E-state index in [-0.39, 0.29) is 38.5 Å². The Morgan fingerprint density at radius 2 is 1.11 bits per heavy atom. The Morgan fingerprint density at radius 1 is 0.623 bits per heavy atom. The standard InChI is InChI=1S/C43H70NO8P/c1-3-5-7-9-11-13-15-16-17-18-19-20-21-22-23-24-26-27-29-31-33-35-42(46)44-37-38-51-53(48,49)52-40-41(45)39-50-43(47)36-34-32-30-28-25-14-12-10-8-6-4-2/h5,7,10-13,16-17,19-20,22-23,26-27,31,33,41,45H,3-4,6,8-9,14-15,18,21,24-25,28-30,32,34-40H2,1-2H3,(H,44,46)(H,48,49)/b7-5-,12-10-,13-11-,17-16-,20-19-,23-22-,27-26-,33-31-. The van der Waals surface area contributed by atoms with Crippen LogP contribution in [0.5, 0.6) is 0 Å². The number of esters is 1. The second kappa shape index (κ2) is 38.6. The molecule has 0 spiro atoms. The van der Waals surface area contributed by atoms with Crippen molar-refractivity contribution in [2.24, 2.45) is 0 Å². The zero-order valence-corrected chi connectivity index (χ0v) is 33.6. The molecule has 53 heavy (non-hydrogen) atoms. The molecule has 2 atom stereocenters. The number of amides is 1. The molecule has 0 aliphatic rings. The minimum Gasteiger partial charge on any atom is -0.463 e. The first-order chi connectivity index (χ1) is 25.8. The Hall–Kier alpha value is -3.07. The molecule has 2 unspecified atom stereocenters. The normalized spacial score (nSPS) is 14.4. The van der Waals surface area contributed by atoms with E-state index in [0.29, 0.717) is 6.42 Å². The molecule has 300 valence electrons. The third kappa shape index (κ3) is 40.0. The lowest BCUT2D eigenvalue weighted by Crippen LogP contribution is -2.26. The molecule has 0 heterocycles. The first kappa shape index (κ1) is 49.9. The second-order valence-electron chi connectivity index (χ2n) is 12.5. The molecule has 0 aromatic heterocycles. The van der Waals surface area contributed by atoms with E-state index < -0.39 is 26.5 Å². The van der Waals surface area contributed by atoms with Gasteiger partial charge in [0, 0.05) is 19.4 Å². The fourth-order valence-electron chi connectivity index (χ4n) is 4.55. The number of aliphatic hydroxyl groups is 1. The van der Waals surface area contributed by atoms with E-state index in [1.807, 2.05) is 12.2 Å². The summed E-state index contributed by atoms with van der Waals surface area (Å²) in [5.74, 6) is -0.672. The van der Waals surface area contributed by atoms with E-state index in [2.05, 4.69) is 98.2 Å². The average molecular weight is 760 g/mol. The highest BCUT2D eigenvalue weighted by Crippen LogP contribution is 2.42. The topological polar surface area (TPSA) is 131 Å². The van der Waals surface area contributed by atoms with Gasteiger partial charge in [-0.3, -0.25) is 18.6 Å². The summed E-state index contributed by atoms with van der Waals surface area (Å²) in [5, 5.41) is 12.6. The Kier molecular flexibility index (Phi) is 36.4. The number of phosphoric ester groups is 1. The predicted molar refractivity (Wildman–Crippen MR) is 219 cm³/mol. The van der Waals surface area contributed by atoms with Crippen LogP contribution in [0.15, 0.2) is 97.2 Å². The minimum absolute atomic E-state index is 0.0179. The number of nitrogens with one attached hydrogen (secondary N) is 1. The fourth-order valence-corrected chi connectivity index (χ4v) is 5.31. The van der Waals surface area contributed by atoms with Gasteiger partial charge in [-0.1, -0.05) is 143 Å². The van der Waals surface area contributed by atoms with Crippen molar-refractivity contribution >= 4 is 19.7 Å². The third-order valence-electron chi connectivity index (χ3n) is 7.53. The quantitative estimate of drug-likeness (QED) is 0.0252. The first-order valence-electron chi connectivity index (χ1n) is 19.7. The van der Waals surface area contributed by atoms with Crippen molar-refractivity contribution in [2.75, 3.05) is 26.4 Å². The van der Waals surface area contributed by atoms with Crippen molar-refractivity contribution in [1.82, 2.24) is 5.32 Å². The maximum Gasteiger partial charge on any atom is 0.472 e. The summed E-state index contributed by atoms with van der Waals surface area (Å²) in [6.07, 6.45) is 49.4. The number of unbranched alkanes of at least 4 members (excludes halogenated alkanes) is 7. The molecule has 0 radical (unpaired) electrons. The van der Waals surface area contributed by atoms with Crippen molar-refractivity contribution in [3.63, 3.8) is 0 Å². The smallest absolute Gasteiger partial charge is 0.463 e. The van der Waals surface area contributed by atoms with Gasteiger partial charge in [0.05, 0.1) is 13.2 Å². The lowest BCUT2D eigenvalue weighted by molar-refractivity contribution is -0.147. The van der Waals surface area contributed by atoms with Crippen LogP contribution in [0.2, 0.25) is 0 Å². The van der Waals surface area contributed by atoms with E-state index in [1.54, 1.807) is 6.08 Å². The van der Waals surface area contributed by atoms with Crippen molar-refractivity contribution in [3.05, 3.63) is 97.2 Å². The Morgan fingerprint density at radius 3 is 1.66 bits per heavy atom. The van der Waals surface area contributed by atoms with Crippen LogP contribution in [0.4, 0.5) is 0 Å². The first-order valence-corrected chi connectivity index (χ1v) is 21.2. The van der Waals surface area contributed by atoms with E-state index in [1.165, 1.54) is 12.8 Å². The second-order valence-corrected chi connectivity index (χ2v) is 14.0. The van der Waals surface area contributed by atoms with Gasteiger partial charge in [0.1, 0.15) is 12.7 Å². The van der Waals surface area contributed by atoms with E-state index in [4.69, 9.17) is 13.8 Å². The molecule has 0 rings (SSSR count). The van der Waals surface area contributed by atoms with E-state index in [0.717, 1.165) is 83.5 Å². The number of carbonyl (C=O) groups excluding carboxylic acids is 2. The molecule has 0 saturated heterocycles. The van der Waals surface area contributed by atoms with Gasteiger partial charge in [-0.25, -0.2) is 4.57 Å². The van der Waals surface area contributed by atoms with Crippen LogP contribution < -0.4 is 5.32 Å². The molecule has 0 aromatic carbocycles. The van der Waals surface area contributed by atoms with Crippen LogP contribution in [0.3, 0.4) is 0 Å². The number of hydrogen-bond acceptors (Lipinski definition) is 7. The Bertz CT molecular complexity index is 1180. The van der Waals surface area contributed by atoms with Gasteiger partial charge in [0.2, 0.25) is 5.91 Å². The van der Waals surface area contributed by atoms with Gasteiger partial charge in [0.25, 0.3) is 0 Å². The zero-order valence-electron chi connectivity index (χ0n) is 32.7. The summed E-state index contributed by atoms with van der Waals surface area (Å²) in [6.45, 7) is 3.22. The summed E-state index contributed by atoms with van der Waals surface area (Å²) in [6, 6.07) is 0. The zero-order chi connectivity index (χ0) is 38.9. The predicted octanol–water partition coefficient (Wildman–Crippen LogP) is 10.7. The van der Waals surface area contributed by atoms with Crippen LogP contribution in [-0.4, -0.2) is 54.3 Å². The van der Waals surface area contributed by atoms with Crippen LogP contribution in [0, 0.1) is 0 Å². The van der Waals surface area contributed by atoms with Gasteiger partial charge in [0.15, 0.2) is 0 Å². The summed E-state index contributed by atoms with van der Waals surface area (Å²) >= 11 is 0. The summed E-state index contributed by atoms with van der Waals surface area (Å²) in [7, 11) is -4.45. The monoisotopic (exact) mass is 759 g/mol. The molecule has 0 aliphatic heterocycles. The fraction of sp³-hybridized carbons (Fsp3) is 0.581. The van der Waals surface area contributed by atoms with Gasteiger partial charge >= 0.3 is 13.8 Å². The Balaban J connectivity index is 3.80. The molecule has 0 aromatic rings. The van der Waals surface area contributed by atoms with Gasteiger partial charge in [-0.2, -0.15) is 0 Å². The maximum atomic E-state index is 12.0. The molecular formula is C43H70NO8P. The molecule has 0 aliphatic carbocycles. The highest BCUT2D eigenvalue weighted by atomic mass is 31.2. The number of rotatable bonds is 35. The van der Waals surface area contributed by atoms with E-state index in [9.17, 15) is 24.2 Å². The largest absolute Gasteiger partial charge is 0.472 e. The molecular weight excluding hydrogens is 689 g/mol. The van der Waals surface area contributed by atoms with Crippen molar-refractivity contribution in [3.8, 4) is 0 Å². The Labute approximate surface area is 321 Å². The van der Waals surface area contributed by atoms with Crippen LogP contribution >= 0.6 is 7.82 Å². The summed E-state index contributed by atoms with van der Waals surface area (Å²) in [4.78, 5) is 33.7. The maximum absolute atomic E-state index is 12.0. The van der Waals surface area contributed by atoms with Crippen molar-refractivity contribution in [2.45, 2.75) is 136 Å². The number of ether oxygens (including phenoxy) is 1. The molecule has 10 heteroatoms. The van der Waals surface area contributed by atoms with Crippen molar-refractivity contribution in [1.29, 1.82) is 0 Å². The van der Waals surface area contributed by atoms with Crippen LogP contribution in [-0.2, 0) is 27.9 Å². The molecule has 3 N–H and O–H groups in total. The molecule has 0 bridgehead atoms. The van der Waals surface area contributed by atoms with Crippen LogP contribution in [0.1, 0.15) is 129 Å². The van der Waals surface area contributed by atoms with Gasteiger partial charge < -0.3 is 20.1 Å². The average Bonchev–Trinajstić information content (AvgIpc) is 3.14. The number of aliphatic hydroxyl groups excluding tert-OH is 1. The lowest BCUT2D eigenvalue weighted by Gasteiger charge is -2.15. The van der Waals surface area contributed by atoms with Crippen LogP contribution in [0.25, 0.3) is 0 Å². The SMILES string of the molecule is CC/C=C\C/C=C\C/C=C\C/C=C\C/C=C\C/C=C\C/C=C\CC(=O)NCCOP(=O)(O)OCC(O)COC(=O)CCCCCCC/C=C\CCCC. The number of phosphoric acid groups is 1. The highest BCUT2D eigenvalue weighted by molar-refractivity contribution is 7.47. The van der Waals surface area contributed by atoms with E-state index >= 15 is 0 Å². The molecule has 1 amide bonds. The number of carbonyl (C=O) groups is 2. The molecule has 9 nitrogen and oxygen atoms in total. The summed E-state index contributed by atoms with van der Waals surface area (Å²) in [5.41, 5.74) is 0. The van der Waals surface area contributed by atoms with Crippen molar-refractivity contribution < 1.29 is 37.9 Å². The molecule has 0 saturated carbocycles. The third-order valence-corrected chi connectivity index (χ3v) is 8.51. The van der Waals surface area contributed by atoms with Gasteiger partial charge in [-0.05, 0) is 70.6 Å². The molecule has 0 fully saturated rings. The highest BCUT2D eigenvalue weighted by Gasteiger charge is 2.23.